The molecule has 0 aromatic heterocycles. The molecule has 0 amide bonds. The molecule has 0 spiro atoms. The lowest BCUT2D eigenvalue weighted by Gasteiger charge is -2.33. The van der Waals surface area contributed by atoms with Gasteiger partial charge in [0.15, 0.2) is 0 Å². The van der Waals surface area contributed by atoms with Gasteiger partial charge in [0, 0.05) is 6.42 Å². The summed E-state index contributed by atoms with van der Waals surface area (Å²) in [5.74, 6) is 0.401. The van der Waals surface area contributed by atoms with Crippen molar-refractivity contribution in [3.05, 3.63) is 59.7 Å². The van der Waals surface area contributed by atoms with E-state index in [9.17, 15) is 4.79 Å². The number of rotatable bonds is 2. The van der Waals surface area contributed by atoms with Crippen molar-refractivity contribution in [3.63, 3.8) is 0 Å². The summed E-state index contributed by atoms with van der Waals surface area (Å²) >= 11 is 0. The highest BCUT2D eigenvalue weighted by Crippen LogP contribution is 2.38. The molecule has 0 bridgehead atoms. The van der Waals surface area contributed by atoms with E-state index in [-0.39, 0.29) is 5.41 Å². The number of aryl methyl sites for hydroxylation is 1. The number of ketones is 1. The van der Waals surface area contributed by atoms with Crippen molar-refractivity contribution in [1.29, 1.82) is 0 Å². The summed E-state index contributed by atoms with van der Waals surface area (Å²) < 4.78 is 0. The van der Waals surface area contributed by atoms with E-state index in [1.807, 2.05) is 6.07 Å². The molecule has 2 aromatic carbocycles. The highest BCUT2D eigenvalue weighted by Gasteiger charge is 2.36. The van der Waals surface area contributed by atoms with Crippen molar-refractivity contribution < 1.29 is 4.79 Å². The van der Waals surface area contributed by atoms with Gasteiger partial charge in [-0.3, -0.25) is 4.79 Å². The summed E-state index contributed by atoms with van der Waals surface area (Å²) in [4.78, 5) is 12.5. The first kappa shape index (κ1) is 14.1. The maximum atomic E-state index is 12.5. The zero-order chi connectivity index (χ0) is 14.9. The van der Waals surface area contributed by atoms with E-state index in [4.69, 9.17) is 0 Å². The zero-order valence-corrected chi connectivity index (χ0v) is 12.9. The van der Waals surface area contributed by atoms with E-state index in [1.165, 1.54) is 22.3 Å². The predicted octanol–water partition coefficient (Wildman–Crippen LogP) is 5.06. The van der Waals surface area contributed by atoms with Crippen LogP contribution in [0.1, 0.15) is 43.7 Å². The molecule has 0 saturated heterocycles. The molecule has 3 rings (SSSR count). The highest BCUT2D eigenvalue weighted by molar-refractivity contribution is 5.90. The first-order valence-corrected chi connectivity index (χ1v) is 7.80. The predicted molar refractivity (Wildman–Crippen MR) is 87.4 cm³/mol. The molecule has 1 aliphatic rings. The Hall–Kier alpha value is -1.89. The maximum absolute atomic E-state index is 12.5. The number of hydrogen-bond acceptors (Lipinski definition) is 1. The lowest BCUT2D eigenvalue weighted by Crippen LogP contribution is -2.35. The summed E-state index contributed by atoms with van der Waals surface area (Å²) in [7, 11) is 0. The quantitative estimate of drug-likeness (QED) is 0.750. The first-order valence-electron chi connectivity index (χ1n) is 7.80. The van der Waals surface area contributed by atoms with Gasteiger partial charge in [0.05, 0.1) is 5.41 Å². The van der Waals surface area contributed by atoms with E-state index in [0.29, 0.717) is 5.78 Å². The Morgan fingerprint density at radius 3 is 2.43 bits per heavy atom. The lowest BCUT2D eigenvalue weighted by molar-refractivity contribution is -0.125. The van der Waals surface area contributed by atoms with E-state index >= 15 is 0 Å². The lowest BCUT2D eigenvalue weighted by atomic mass is 9.69. The van der Waals surface area contributed by atoms with Gasteiger partial charge >= 0.3 is 0 Å². The molecule has 1 fully saturated rings. The number of benzene rings is 2. The minimum absolute atomic E-state index is 0.298. The van der Waals surface area contributed by atoms with Crippen LogP contribution in [0.4, 0.5) is 0 Å². The van der Waals surface area contributed by atoms with Gasteiger partial charge in [-0.2, -0.15) is 0 Å². The van der Waals surface area contributed by atoms with Crippen LogP contribution in [-0.4, -0.2) is 5.78 Å². The van der Waals surface area contributed by atoms with Crippen molar-refractivity contribution in [1.82, 2.24) is 0 Å². The van der Waals surface area contributed by atoms with Crippen LogP contribution in [0.3, 0.4) is 0 Å². The van der Waals surface area contributed by atoms with Crippen LogP contribution >= 0.6 is 0 Å². The number of Topliss-reactive ketones (excluding diaryl/α,β-unsaturated/α-hetero) is 1. The van der Waals surface area contributed by atoms with Crippen molar-refractivity contribution in [3.8, 4) is 11.1 Å². The third kappa shape index (κ3) is 2.65. The Morgan fingerprint density at radius 1 is 0.952 bits per heavy atom. The van der Waals surface area contributed by atoms with Crippen molar-refractivity contribution in [2.45, 2.75) is 44.9 Å². The molecule has 1 aliphatic carbocycles. The number of carbonyl (C=O) groups is 1. The van der Waals surface area contributed by atoms with Gasteiger partial charge < -0.3 is 0 Å². The Kier molecular flexibility index (Phi) is 3.67. The fraction of sp³-hybridized carbons (Fsp3) is 0.350. The maximum Gasteiger partial charge on any atom is 0.143 e. The average molecular weight is 278 g/mol. The molecular weight excluding hydrogens is 256 g/mol. The van der Waals surface area contributed by atoms with Crippen LogP contribution in [0, 0.1) is 6.92 Å². The van der Waals surface area contributed by atoms with E-state index in [2.05, 4.69) is 56.3 Å². The highest BCUT2D eigenvalue weighted by atomic mass is 16.1. The van der Waals surface area contributed by atoms with Crippen LogP contribution in [0.2, 0.25) is 0 Å². The molecule has 1 heteroatoms. The standard InChI is InChI=1S/C20H22O/c1-15-12-17(16-8-4-3-5-9-16)14-18(13-15)20(2)11-7-6-10-19(20)21/h3-5,8-9,12-14H,6-7,10-11H2,1-2H3. The molecule has 1 unspecified atom stereocenters. The van der Waals surface area contributed by atoms with Crippen LogP contribution in [0.25, 0.3) is 11.1 Å². The van der Waals surface area contributed by atoms with E-state index in [0.717, 1.165) is 25.7 Å². The fourth-order valence-electron chi connectivity index (χ4n) is 3.38. The SMILES string of the molecule is Cc1cc(-c2ccccc2)cc(C2(C)CCCCC2=O)c1. The van der Waals surface area contributed by atoms with Gasteiger partial charge in [-0.05, 0) is 43.4 Å². The van der Waals surface area contributed by atoms with Crippen molar-refractivity contribution in [2.24, 2.45) is 0 Å². The third-order valence-corrected chi connectivity index (χ3v) is 4.77. The molecule has 0 aliphatic heterocycles. The molecular formula is C20H22O. The normalized spacial score (nSPS) is 22.3. The Labute approximate surface area is 127 Å². The first-order chi connectivity index (χ1) is 10.1. The van der Waals surface area contributed by atoms with Gasteiger partial charge in [0.2, 0.25) is 0 Å². The molecule has 1 nitrogen and oxygen atoms in total. The minimum Gasteiger partial charge on any atom is -0.299 e. The topological polar surface area (TPSA) is 17.1 Å². The second-order valence-corrected chi connectivity index (χ2v) is 6.42. The second kappa shape index (κ2) is 5.48. The third-order valence-electron chi connectivity index (χ3n) is 4.77. The average Bonchev–Trinajstić information content (AvgIpc) is 2.50. The smallest absolute Gasteiger partial charge is 0.143 e. The zero-order valence-electron chi connectivity index (χ0n) is 12.9. The number of hydrogen-bond donors (Lipinski definition) is 0. The Morgan fingerprint density at radius 2 is 1.71 bits per heavy atom. The van der Waals surface area contributed by atoms with E-state index in [1.54, 1.807) is 0 Å². The number of carbonyl (C=O) groups excluding carboxylic acids is 1. The van der Waals surface area contributed by atoms with Crippen molar-refractivity contribution >= 4 is 5.78 Å². The van der Waals surface area contributed by atoms with E-state index < -0.39 is 0 Å². The Bertz CT molecular complexity index is 657. The summed E-state index contributed by atoms with van der Waals surface area (Å²) in [6.45, 7) is 4.24. The van der Waals surface area contributed by atoms with Gasteiger partial charge in [0.1, 0.15) is 5.78 Å². The fourth-order valence-corrected chi connectivity index (χ4v) is 3.38. The van der Waals surface area contributed by atoms with Gasteiger partial charge in [-0.15, -0.1) is 0 Å². The molecule has 0 radical (unpaired) electrons. The van der Waals surface area contributed by atoms with Gasteiger partial charge in [0.25, 0.3) is 0 Å². The molecule has 0 heterocycles. The second-order valence-electron chi connectivity index (χ2n) is 6.42. The molecule has 2 aromatic rings. The molecule has 108 valence electrons. The molecule has 0 N–H and O–H groups in total. The summed E-state index contributed by atoms with van der Waals surface area (Å²) in [5, 5.41) is 0. The molecule has 21 heavy (non-hydrogen) atoms. The van der Waals surface area contributed by atoms with Crippen LogP contribution in [0.15, 0.2) is 48.5 Å². The van der Waals surface area contributed by atoms with Crippen LogP contribution in [-0.2, 0) is 10.2 Å². The van der Waals surface area contributed by atoms with Gasteiger partial charge in [-0.25, -0.2) is 0 Å². The Balaban J connectivity index is 2.08. The van der Waals surface area contributed by atoms with Crippen molar-refractivity contribution in [2.75, 3.05) is 0 Å². The molecule has 1 atom stereocenters. The largest absolute Gasteiger partial charge is 0.299 e. The molecule has 1 saturated carbocycles. The van der Waals surface area contributed by atoms with Crippen LogP contribution in [0.5, 0.6) is 0 Å². The summed E-state index contributed by atoms with van der Waals surface area (Å²) in [5.41, 5.74) is 4.55. The van der Waals surface area contributed by atoms with Gasteiger partial charge in [-0.1, -0.05) is 60.5 Å². The van der Waals surface area contributed by atoms with Crippen LogP contribution < -0.4 is 0 Å². The minimum atomic E-state index is -0.298. The monoisotopic (exact) mass is 278 g/mol. The summed E-state index contributed by atoms with van der Waals surface area (Å²) in [6, 6.07) is 17.0. The summed E-state index contributed by atoms with van der Waals surface area (Å²) in [6.07, 6.45) is 3.90.